The Bertz CT molecular complexity index is 963. The molecule has 0 spiro atoms. The van der Waals surface area contributed by atoms with Crippen molar-refractivity contribution in [3.05, 3.63) is 71.3 Å². The van der Waals surface area contributed by atoms with Crippen LogP contribution in [0.3, 0.4) is 0 Å². The molecule has 1 aliphatic rings. The van der Waals surface area contributed by atoms with E-state index in [1.807, 2.05) is 19.1 Å². The smallest absolute Gasteiger partial charge is 0.266 e. The fraction of sp³-hybridized carbons (Fsp3) is 0.364. The van der Waals surface area contributed by atoms with Crippen LogP contribution in [0.5, 0.6) is 0 Å². The summed E-state index contributed by atoms with van der Waals surface area (Å²) in [4.78, 5) is -0.149. The van der Waals surface area contributed by atoms with Crippen LogP contribution in [0.1, 0.15) is 43.2 Å². The van der Waals surface area contributed by atoms with E-state index in [2.05, 4.69) is 6.08 Å². The Hall–Kier alpha value is -2.28. The summed E-state index contributed by atoms with van der Waals surface area (Å²) in [5, 5.41) is 0. The third-order valence-electron chi connectivity index (χ3n) is 5.11. The van der Waals surface area contributed by atoms with Crippen molar-refractivity contribution in [3.63, 3.8) is 0 Å². The maximum Gasteiger partial charge on any atom is 0.416 e. The molecule has 3 nitrogen and oxygen atoms in total. The second kappa shape index (κ2) is 8.61. The van der Waals surface area contributed by atoms with Gasteiger partial charge in [-0.3, -0.25) is 4.31 Å². The molecule has 0 heterocycles. The predicted molar refractivity (Wildman–Crippen MR) is 108 cm³/mol. The molecule has 0 unspecified atom stereocenters. The molecule has 0 fully saturated rings. The van der Waals surface area contributed by atoms with Gasteiger partial charge in [0.2, 0.25) is 0 Å². The average Bonchev–Trinajstić information content (AvgIpc) is 2.69. The Kier molecular flexibility index (Phi) is 6.36. The first-order valence-electron chi connectivity index (χ1n) is 9.62. The van der Waals surface area contributed by atoms with Crippen molar-refractivity contribution >= 4 is 15.7 Å². The van der Waals surface area contributed by atoms with Crippen molar-refractivity contribution in [2.24, 2.45) is 0 Å². The Morgan fingerprint density at radius 1 is 0.966 bits per heavy atom. The standard InChI is InChI=1S/C22H24F3NO2S/c1-17-7-11-20(12-8-17)26(16-15-18-5-3-2-4-6-18)29(27,28)21-13-9-19(10-14-21)22(23,24)25/h5,7-14H,2-4,6,15-16H2,1H3. The number of sulfonamides is 1. The predicted octanol–water partition coefficient (Wildman–Crippen LogP) is 6.10. The minimum Gasteiger partial charge on any atom is -0.266 e. The minimum atomic E-state index is -4.51. The minimum absolute atomic E-state index is 0.149. The zero-order valence-electron chi connectivity index (χ0n) is 16.2. The molecule has 156 valence electrons. The molecule has 3 rings (SSSR count). The number of halogens is 3. The van der Waals surface area contributed by atoms with E-state index in [1.165, 1.54) is 9.88 Å². The summed E-state index contributed by atoms with van der Waals surface area (Å²) in [7, 11) is -3.99. The zero-order valence-corrected chi connectivity index (χ0v) is 17.1. The number of hydrogen-bond donors (Lipinski definition) is 0. The van der Waals surface area contributed by atoms with Gasteiger partial charge in [-0.15, -0.1) is 0 Å². The molecule has 0 aliphatic heterocycles. The molecule has 7 heteroatoms. The Balaban J connectivity index is 1.92. The lowest BCUT2D eigenvalue weighted by Crippen LogP contribution is -2.32. The molecule has 1 aliphatic carbocycles. The lowest BCUT2D eigenvalue weighted by molar-refractivity contribution is -0.137. The number of benzene rings is 2. The Morgan fingerprint density at radius 3 is 2.17 bits per heavy atom. The van der Waals surface area contributed by atoms with E-state index in [9.17, 15) is 21.6 Å². The molecular formula is C22H24F3NO2S. The molecule has 0 amide bonds. The maximum absolute atomic E-state index is 13.3. The molecule has 2 aromatic rings. The van der Waals surface area contributed by atoms with Crippen LogP contribution in [0, 0.1) is 6.92 Å². The number of aryl methyl sites for hydroxylation is 1. The SMILES string of the molecule is Cc1ccc(N(CCC2=CCCCC2)S(=O)(=O)c2ccc(C(F)(F)F)cc2)cc1. The summed E-state index contributed by atoms with van der Waals surface area (Å²) < 4.78 is 66.4. The van der Waals surface area contributed by atoms with Crippen molar-refractivity contribution in [1.82, 2.24) is 0 Å². The summed E-state index contributed by atoms with van der Waals surface area (Å²) in [5.74, 6) is 0. The van der Waals surface area contributed by atoms with E-state index in [1.54, 1.807) is 12.1 Å². The second-order valence-electron chi connectivity index (χ2n) is 7.29. The summed E-state index contributed by atoms with van der Waals surface area (Å²) in [6, 6.07) is 10.8. The topological polar surface area (TPSA) is 37.4 Å². The third kappa shape index (κ3) is 5.21. The third-order valence-corrected chi connectivity index (χ3v) is 6.95. The molecule has 0 aromatic heterocycles. The van der Waals surface area contributed by atoms with E-state index >= 15 is 0 Å². The van der Waals surface area contributed by atoms with E-state index in [0.717, 1.165) is 55.5 Å². The highest BCUT2D eigenvalue weighted by molar-refractivity contribution is 7.92. The molecule has 0 N–H and O–H groups in total. The van der Waals surface area contributed by atoms with Crippen molar-refractivity contribution in [3.8, 4) is 0 Å². The van der Waals surface area contributed by atoms with E-state index in [0.29, 0.717) is 12.1 Å². The quantitative estimate of drug-likeness (QED) is 0.527. The number of hydrogen-bond acceptors (Lipinski definition) is 2. The number of nitrogens with zero attached hydrogens (tertiary/aromatic N) is 1. The van der Waals surface area contributed by atoms with Crippen molar-refractivity contribution in [1.29, 1.82) is 0 Å². The molecule has 0 radical (unpaired) electrons. The highest BCUT2D eigenvalue weighted by atomic mass is 32.2. The van der Waals surface area contributed by atoms with Gasteiger partial charge in [-0.25, -0.2) is 8.42 Å². The zero-order chi connectivity index (χ0) is 21.1. The normalized spacial score (nSPS) is 15.1. The summed E-state index contributed by atoms with van der Waals surface area (Å²) in [6.45, 7) is 2.16. The monoisotopic (exact) mass is 423 g/mol. The van der Waals surface area contributed by atoms with Crippen LogP contribution in [-0.2, 0) is 16.2 Å². The van der Waals surface area contributed by atoms with E-state index in [4.69, 9.17) is 0 Å². The molecule has 0 atom stereocenters. The van der Waals surface area contributed by atoms with Crippen LogP contribution in [0.4, 0.5) is 18.9 Å². The van der Waals surface area contributed by atoms with Crippen LogP contribution in [-0.4, -0.2) is 15.0 Å². The number of alkyl halides is 3. The van der Waals surface area contributed by atoms with Crippen LogP contribution in [0.15, 0.2) is 65.1 Å². The molecule has 2 aromatic carbocycles. The average molecular weight is 424 g/mol. The molecule has 0 saturated heterocycles. The second-order valence-corrected chi connectivity index (χ2v) is 9.16. The van der Waals surface area contributed by atoms with Gasteiger partial charge in [0.15, 0.2) is 0 Å². The van der Waals surface area contributed by atoms with Gasteiger partial charge in [0.1, 0.15) is 0 Å². The van der Waals surface area contributed by atoms with Gasteiger partial charge in [-0.1, -0.05) is 29.3 Å². The first kappa shape index (κ1) is 21.4. The van der Waals surface area contributed by atoms with Crippen molar-refractivity contribution in [2.45, 2.75) is 50.1 Å². The van der Waals surface area contributed by atoms with Crippen LogP contribution in [0.2, 0.25) is 0 Å². The number of anilines is 1. The van der Waals surface area contributed by atoms with Crippen LogP contribution in [0.25, 0.3) is 0 Å². The van der Waals surface area contributed by atoms with Crippen LogP contribution >= 0.6 is 0 Å². The van der Waals surface area contributed by atoms with Gasteiger partial charge in [0, 0.05) is 6.54 Å². The van der Waals surface area contributed by atoms with Gasteiger partial charge in [-0.2, -0.15) is 13.2 Å². The number of allylic oxidation sites excluding steroid dienone is 1. The van der Waals surface area contributed by atoms with Gasteiger partial charge < -0.3 is 0 Å². The molecule has 0 bridgehead atoms. The van der Waals surface area contributed by atoms with Crippen LogP contribution < -0.4 is 4.31 Å². The number of rotatable bonds is 6. The molecular weight excluding hydrogens is 399 g/mol. The summed E-state index contributed by atoms with van der Waals surface area (Å²) >= 11 is 0. The van der Waals surface area contributed by atoms with Crippen molar-refractivity contribution < 1.29 is 21.6 Å². The van der Waals surface area contributed by atoms with Gasteiger partial charge in [0.05, 0.1) is 16.1 Å². The van der Waals surface area contributed by atoms with Gasteiger partial charge in [0.25, 0.3) is 10.0 Å². The highest BCUT2D eigenvalue weighted by Crippen LogP contribution is 2.31. The van der Waals surface area contributed by atoms with Gasteiger partial charge in [-0.05, 0) is 75.4 Å². The fourth-order valence-corrected chi connectivity index (χ4v) is 4.88. The van der Waals surface area contributed by atoms with E-state index < -0.39 is 21.8 Å². The highest BCUT2D eigenvalue weighted by Gasteiger charge is 2.31. The Labute approximate surface area is 169 Å². The first-order chi connectivity index (χ1) is 13.7. The fourth-order valence-electron chi connectivity index (χ4n) is 3.42. The Morgan fingerprint density at radius 2 is 1.62 bits per heavy atom. The lowest BCUT2D eigenvalue weighted by Gasteiger charge is -2.26. The molecule has 0 saturated carbocycles. The summed E-state index contributed by atoms with van der Waals surface area (Å²) in [5.41, 5.74) is 1.87. The van der Waals surface area contributed by atoms with Gasteiger partial charge >= 0.3 is 6.18 Å². The maximum atomic E-state index is 13.3. The first-order valence-corrected chi connectivity index (χ1v) is 11.1. The summed E-state index contributed by atoms with van der Waals surface area (Å²) in [6.07, 6.45) is 2.48. The lowest BCUT2D eigenvalue weighted by atomic mass is 9.97. The molecule has 29 heavy (non-hydrogen) atoms. The van der Waals surface area contributed by atoms with Crippen molar-refractivity contribution in [2.75, 3.05) is 10.8 Å². The largest absolute Gasteiger partial charge is 0.416 e. The van der Waals surface area contributed by atoms with E-state index in [-0.39, 0.29) is 11.4 Å².